The molecule has 1 fully saturated rings. The van der Waals surface area contributed by atoms with E-state index in [1.807, 2.05) is 6.07 Å². The highest BCUT2D eigenvalue weighted by Gasteiger charge is 2.26. The summed E-state index contributed by atoms with van der Waals surface area (Å²) in [6, 6.07) is 6.13. The fourth-order valence-corrected chi connectivity index (χ4v) is 3.37. The molecule has 0 unspecified atom stereocenters. The fraction of sp³-hybridized carbons (Fsp3) is 0.421. The van der Waals surface area contributed by atoms with E-state index in [1.165, 1.54) is 5.56 Å². The minimum atomic E-state index is -0.311. The van der Waals surface area contributed by atoms with Gasteiger partial charge in [-0.05, 0) is 30.0 Å². The topological polar surface area (TPSA) is 92.9 Å². The van der Waals surface area contributed by atoms with Crippen LogP contribution >= 0.6 is 0 Å². The van der Waals surface area contributed by atoms with E-state index < -0.39 is 0 Å². The molecule has 136 valence electrons. The molecule has 0 amide bonds. The zero-order valence-electron chi connectivity index (χ0n) is 15.1. The first-order chi connectivity index (χ1) is 12.6. The Labute approximate surface area is 150 Å². The van der Waals surface area contributed by atoms with Gasteiger partial charge in [-0.3, -0.25) is 9.97 Å². The molecule has 3 aromatic rings. The lowest BCUT2D eigenvalue weighted by atomic mass is 9.94. The van der Waals surface area contributed by atoms with E-state index in [2.05, 4.69) is 35.9 Å². The van der Waals surface area contributed by atoms with Crippen LogP contribution in [0.15, 0.2) is 23.0 Å². The molecule has 0 aliphatic carbocycles. The first-order valence-electron chi connectivity index (χ1n) is 8.82. The van der Waals surface area contributed by atoms with Gasteiger partial charge in [0.25, 0.3) is 0 Å². The van der Waals surface area contributed by atoms with Crippen molar-refractivity contribution in [3.63, 3.8) is 0 Å². The van der Waals surface area contributed by atoms with Crippen LogP contribution in [0.25, 0.3) is 22.6 Å². The Morgan fingerprint density at radius 3 is 2.65 bits per heavy atom. The van der Waals surface area contributed by atoms with Crippen LogP contribution in [0.1, 0.15) is 43.4 Å². The molecule has 4 rings (SSSR count). The highest BCUT2D eigenvalue weighted by atomic mass is 16.5. The monoisotopic (exact) mass is 354 g/mol. The van der Waals surface area contributed by atoms with Crippen LogP contribution in [-0.4, -0.2) is 40.3 Å². The average molecular weight is 354 g/mol. The molecule has 2 aromatic heterocycles. The number of benzene rings is 1. The summed E-state index contributed by atoms with van der Waals surface area (Å²) >= 11 is 0. The zero-order valence-corrected chi connectivity index (χ0v) is 15.1. The molecular formula is C19H22N4O3. The van der Waals surface area contributed by atoms with Crippen molar-refractivity contribution >= 4 is 11.3 Å². The second-order valence-electron chi connectivity index (χ2n) is 6.91. The summed E-state index contributed by atoms with van der Waals surface area (Å²) < 4.78 is 11.2. The van der Waals surface area contributed by atoms with E-state index in [0.717, 1.165) is 29.1 Å². The largest absolute Gasteiger partial charge is 0.496 e. The maximum atomic E-state index is 11.7. The highest BCUT2D eigenvalue weighted by Crippen LogP contribution is 2.38. The summed E-state index contributed by atoms with van der Waals surface area (Å²) in [7, 11) is 1.65. The maximum Gasteiger partial charge on any atom is 0.326 e. The maximum absolute atomic E-state index is 11.7. The van der Waals surface area contributed by atoms with E-state index in [9.17, 15) is 4.79 Å². The number of rotatable bonds is 4. The lowest BCUT2D eigenvalue weighted by Crippen LogP contribution is -2.07. The second kappa shape index (κ2) is 6.57. The number of H-pyrrole nitrogens is 2. The average Bonchev–Trinajstić information content (AvgIpc) is 3.28. The summed E-state index contributed by atoms with van der Waals surface area (Å²) in [5, 5.41) is 0. The first kappa shape index (κ1) is 16.8. The van der Waals surface area contributed by atoms with E-state index in [-0.39, 0.29) is 11.6 Å². The Kier molecular flexibility index (Phi) is 4.24. The van der Waals surface area contributed by atoms with Crippen molar-refractivity contribution in [2.24, 2.45) is 0 Å². The molecule has 0 saturated carbocycles. The Morgan fingerprint density at radius 1 is 1.23 bits per heavy atom. The third kappa shape index (κ3) is 2.88. The molecule has 0 bridgehead atoms. The van der Waals surface area contributed by atoms with Gasteiger partial charge in [0.15, 0.2) is 11.3 Å². The van der Waals surface area contributed by atoms with E-state index in [1.54, 1.807) is 7.11 Å². The number of aromatic amines is 2. The second-order valence-corrected chi connectivity index (χ2v) is 6.91. The number of imidazole rings is 1. The molecule has 1 aliphatic heterocycles. The van der Waals surface area contributed by atoms with Gasteiger partial charge < -0.3 is 9.47 Å². The van der Waals surface area contributed by atoms with E-state index in [0.29, 0.717) is 30.4 Å². The van der Waals surface area contributed by atoms with Gasteiger partial charge in [0, 0.05) is 18.1 Å². The first-order valence-corrected chi connectivity index (χ1v) is 8.82. The predicted octanol–water partition coefficient (Wildman–Crippen LogP) is 2.95. The normalized spacial score (nSPS) is 17.3. The van der Waals surface area contributed by atoms with Gasteiger partial charge in [-0.1, -0.05) is 19.9 Å². The molecule has 0 spiro atoms. The lowest BCUT2D eigenvalue weighted by Gasteiger charge is -2.17. The van der Waals surface area contributed by atoms with Gasteiger partial charge in [-0.15, -0.1) is 0 Å². The molecule has 26 heavy (non-hydrogen) atoms. The van der Waals surface area contributed by atoms with Gasteiger partial charge in [-0.25, -0.2) is 14.8 Å². The summed E-state index contributed by atoms with van der Waals surface area (Å²) in [6.07, 6.45) is 0.883. The predicted molar refractivity (Wildman–Crippen MR) is 98.8 cm³/mol. The van der Waals surface area contributed by atoms with Gasteiger partial charge in [0.2, 0.25) is 0 Å². The number of hydrogen-bond donors (Lipinski definition) is 2. The summed E-state index contributed by atoms with van der Waals surface area (Å²) in [4.78, 5) is 26.6. The zero-order chi connectivity index (χ0) is 18.3. The van der Waals surface area contributed by atoms with Crippen LogP contribution in [0.5, 0.6) is 5.75 Å². The Bertz CT molecular complexity index is 1000. The van der Waals surface area contributed by atoms with Gasteiger partial charge >= 0.3 is 5.69 Å². The van der Waals surface area contributed by atoms with Crippen molar-refractivity contribution in [1.29, 1.82) is 0 Å². The van der Waals surface area contributed by atoms with E-state index >= 15 is 0 Å². The molecule has 1 atom stereocenters. The number of nitrogens with zero attached hydrogens (tertiary/aromatic N) is 2. The van der Waals surface area contributed by atoms with Gasteiger partial charge in [-0.2, -0.15) is 0 Å². The third-order valence-corrected chi connectivity index (χ3v) is 4.85. The van der Waals surface area contributed by atoms with Crippen molar-refractivity contribution in [2.45, 2.75) is 32.1 Å². The summed E-state index contributed by atoms with van der Waals surface area (Å²) in [5.74, 6) is 1.26. The third-order valence-electron chi connectivity index (χ3n) is 4.85. The van der Waals surface area contributed by atoms with Crippen molar-refractivity contribution in [2.75, 3.05) is 20.3 Å². The smallest absolute Gasteiger partial charge is 0.326 e. The Balaban J connectivity index is 1.98. The number of fused-ring (bicyclic) bond motifs is 1. The van der Waals surface area contributed by atoms with Crippen molar-refractivity contribution in [1.82, 2.24) is 19.9 Å². The SMILES string of the molecule is COc1ccc(C(C)C)cc1-c1nc2[nH]c(=O)[nH]c2nc1[C@@H]1CCOC1. The number of nitrogens with one attached hydrogen (secondary N) is 2. The highest BCUT2D eigenvalue weighted by molar-refractivity contribution is 5.76. The Hall–Kier alpha value is -2.67. The van der Waals surface area contributed by atoms with Crippen LogP contribution in [0.4, 0.5) is 0 Å². The lowest BCUT2D eigenvalue weighted by molar-refractivity contribution is 0.193. The number of ether oxygens (including phenoxy) is 2. The quantitative estimate of drug-likeness (QED) is 0.751. The fourth-order valence-electron chi connectivity index (χ4n) is 3.37. The number of methoxy groups -OCH3 is 1. The minimum absolute atomic E-state index is 0.146. The minimum Gasteiger partial charge on any atom is -0.496 e. The molecule has 1 saturated heterocycles. The molecule has 7 nitrogen and oxygen atoms in total. The molecule has 0 radical (unpaired) electrons. The van der Waals surface area contributed by atoms with Gasteiger partial charge in [0.1, 0.15) is 5.75 Å². The van der Waals surface area contributed by atoms with Crippen LogP contribution in [0, 0.1) is 0 Å². The molecule has 1 aromatic carbocycles. The number of aromatic nitrogens is 4. The van der Waals surface area contributed by atoms with E-state index in [4.69, 9.17) is 19.4 Å². The molecule has 7 heteroatoms. The van der Waals surface area contributed by atoms with Gasteiger partial charge in [0.05, 0.1) is 25.1 Å². The molecular weight excluding hydrogens is 332 g/mol. The van der Waals surface area contributed by atoms with Crippen molar-refractivity contribution < 1.29 is 9.47 Å². The molecule has 2 N–H and O–H groups in total. The summed E-state index contributed by atoms with van der Waals surface area (Å²) in [5.41, 5.74) is 4.26. The van der Waals surface area contributed by atoms with Crippen LogP contribution < -0.4 is 10.4 Å². The van der Waals surface area contributed by atoms with Crippen LogP contribution in [-0.2, 0) is 4.74 Å². The summed E-state index contributed by atoms with van der Waals surface area (Å²) in [6.45, 7) is 5.61. The molecule has 3 heterocycles. The number of hydrogen-bond acceptors (Lipinski definition) is 5. The standard InChI is InChI=1S/C19H22N4O3/c1-10(2)11-4-5-14(25-3)13(8-11)16-15(12-6-7-26-9-12)20-17-18(21-16)23-19(24)22-17/h4-5,8,10,12H,6-7,9H2,1-3H3,(H2,20,21,22,23,24)/t12-/m1/s1. The Morgan fingerprint density at radius 2 is 2.00 bits per heavy atom. The van der Waals surface area contributed by atoms with Crippen molar-refractivity contribution in [3.8, 4) is 17.0 Å². The van der Waals surface area contributed by atoms with Crippen molar-refractivity contribution in [3.05, 3.63) is 39.9 Å². The van der Waals surface area contributed by atoms with Crippen LogP contribution in [0.2, 0.25) is 0 Å². The van der Waals surface area contributed by atoms with Crippen LogP contribution in [0.3, 0.4) is 0 Å². The molecule has 1 aliphatic rings.